The fourth-order valence-electron chi connectivity index (χ4n) is 2.98. The van der Waals surface area contributed by atoms with E-state index in [9.17, 15) is 4.79 Å². The van der Waals surface area contributed by atoms with E-state index in [1.807, 2.05) is 0 Å². The second-order valence-electron chi connectivity index (χ2n) is 5.55. The number of hydrogen-bond donors (Lipinski definition) is 2. The lowest BCUT2D eigenvalue weighted by Gasteiger charge is -2.21. The van der Waals surface area contributed by atoms with E-state index in [-0.39, 0.29) is 11.9 Å². The number of carbonyl (C=O) groups is 1. The SMILES string of the molecule is O=C(NC1CCCCCC1)C1CCCCCN1. The highest BCUT2D eigenvalue weighted by Crippen LogP contribution is 2.17. The first-order valence-electron chi connectivity index (χ1n) is 7.40. The molecule has 0 spiro atoms. The predicted molar refractivity (Wildman–Crippen MR) is 69.9 cm³/mol. The third kappa shape index (κ3) is 4.30. The molecule has 1 saturated carbocycles. The third-order valence-electron chi connectivity index (χ3n) is 4.08. The first-order chi connectivity index (χ1) is 8.36. The van der Waals surface area contributed by atoms with E-state index in [1.165, 1.54) is 57.8 Å². The maximum Gasteiger partial charge on any atom is 0.237 e. The van der Waals surface area contributed by atoms with E-state index in [1.54, 1.807) is 0 Å². The van der Waals surface area contributed by atoms with Gasteiger partial charge in [0.25, 0.3) is 0 Å². The molecule has 2 N–H and O–H groups in total. The summed E-state index contributed by atoms with van der Waals surface area (Å²) in [5.41, 5.74) is 0. The van der Waals surface area contributed by atoms with E-state index in [2.05, 4.69) is 10.6 Å². The van der Waals surface area contributed by atoms with Crippen LogP contribution in [0.1, 0.15) is 64.2 Å². The topological polar surface area (TPSA) is 41.1 Å². The molecule has 0 radical (unpaired) electrons. The van der Waals surface area contributed by atoms with Gasteiger partial charge in [-0.25, -0.2) is 0 Å². The van der Waals surface area contributed by atoms with Gasteiger partial charge >= 0.3 is 0 Å². The Balaban J connectivity index is 1.77. The van der Waals surface area contributed by atoms with Gasteiger partial charge in [0.2, 0.25) is 5.91 Å². The fourth-order valence-corrected chi connectivity index (χ4v) is 2.98. The normalized spacial score (nSPS) is 28.1. The van der Waals surface area contributed by atoms with Crippen molar-refractivity contribution in [1.82, 2.24) is 10.6 Å². The van der Waals surface area contributed by atoms with E-state index < -0.39 is 0 Å². The Morgan fingerprint density at radius 3 is 2.29 bits per heavy atom. The van der Waals surface area contributed by atoms with Crippen LogP contribution < -0.4 is 10.6 Å². The van der Waals surface area contributed by atoms with E-state index in [4.69, 9.17) is 0 Å². The number of carbonyl (C=O) groups excluding carboxylic acids is 1. The molecule has 17 heavy (non-hydrogen) atoms. The molecule has 2 fully saturated rings. The highest BCUT2D eigenvalue weighted by molar-refractivity contribution is 5.82. The molecule has 0 aromatic heterocycles. The van der Waals surface area contributed by atoms with Crippen molar-refractivity contribution in [2.24, 2.45) is 0 Å². The quantitative estimate of drug-likeness (QED) is 0.725. The summed E-state index contributed by atoms with van der Waals surface area (Å²) in [7, 11) is 0. The largest absolute Gasteiger partial charge is 0.352 e. The maximum atomic E-state index is 12.2. The standard InChI is InChI=1S/C14H26N2O/c17-14(13-10-6-3-7-11-15-13)16-12-8-4-1-2-5-9-12/h12-13,15H,1-11H2,(H,16,17). The van der Waals surface area contributed by atoms with Gasteiger partial charge in [-0.1, -0.05) is 38.5 Å². The Labute approximate surface area is 105 Å². The van der Waals surface area contributed by atoms with Gasteiger partial charge in [0.05, 0.1) is 6.04 Å². The summed E-state index contributed by atoms with van der Waals surface area (Å²) in [4.78, 5) is 12.2. The van der Waals surface area contributed by atoms with Crippen LogP contribution in [0.15, 0.2) is 0 Å². The van der Waals surface area contributed by atoms with Crippen LogP contribution in [-0.4, -0.2) is 24.5 Å². The Morgan fingerprint density at radius 1 is 0.882 bits per heavy atom. The Morgan fingerprint density at radius 2 is 1.53 bits per heavy atom. The lowest BCUT2D eigenvalue weighted by molar-refractivity contribution is -0.124. The summed E-state index contributed by atoms with van der Waals surface area (Å²) >= 11 is 0. The number of nitrogens with one attached hydrogen (secondary N) is 2. The molecule has 0 aromatic carbocycles. The van der Waals surface area contributed by atoms with Gasteiger partial charge in [0.1, 0.15) is 0 Å². The molecule has 0 aromatic rings. The van der Waals surface area contributed by atoms with Crippen molar-refractivity contribution in [2.45, 2.75) is 76.3 Å². The zero-order valence-corrected chi connectivity index (χ0v) is 10.8. The number of rotatable bonds is 2. The van der Waals surface area contributed by atoms with Crippen LogP contribution in [0.25, 0.3) is 0 Å². The summed E-state index contributed by atoms with van der Waals surface area (Å²) in [6.45, 7) is 1.00. The van der Waals surface area contributed by atoms with Crippen LogP contribution in [-0.2, 0) is 4.79 Å². The van der Waals surface area contributed by atoms with E-state index >= 15 is 0 Å². The molecular weight excluding hydrogens is 212 g/mol. The average molecular weight is 238 g/mol. The van der Waals surface area contributed by atoms with Crippen molar-refractivity contribution in [2.75, 3.05) is 6.54 Å². The molecule has 2 aliphatic rings. The van der Waals surface area contributed by atoms with Crippen molar-refractivity contribution in [1.29, 1.82) is 0 Å². The Bertz CT molecular complexity index is 226. The minimum absolute atomic E-state index is 0.0701. The van der Waals surface area contributed by atoms with Crippen LogP contribution in [0.3, 0.4) is 0 Å². The van der Waals surface area contributed by atoms with Crippen LogP contribution >= 0.6 is 0 Å². The van der Waals surface area contributed by atoms with E-state index in [0.717, 1.165) is 13.0 Å². The van der Waals surface area contributed by atoms with Crippen LogP contribution in [0.4, 0.5) is 0 Å². The van der Waals surface area contributed by atoms with Gasteiger partial charge in [-0.2, -0.15) is 0 Å². The molecule has 3 nitrogen and oxygen atoms in total. The minimum Gasteiger partial charge on any atom is -0.352 e. The highest BCUT2D eigenvalue weighted by Gasteiger charge is 2.22. The fraction of sp³-hybridized carbons (Fsp3) is 0.929. The monoisotopic (exact) mass is 238 g/mol. The molecule has 0 bridgehead atoms. The van der Waals surface area contributed by atoms with Crippen LogP contribution in [0.2, 0.25) is 0 Å². The zero-order chi connectivity index (χ0) is 11.9. The second kappa shape index (κ2) is 7.00. The Hall–Kier alpha value is -0.570. The number of amides is 1. The maximum absolute atomic E-state index is 12.2. The summed E-state index contributed by atoms with van der Waals surface area (Å²) < 4.78 is 0. The summed E-state index contributed by atoms with van der Waals surface area (Å²) in [5, 5.41) is 6.63. The van der Waals surface area contributed by atoms with Crippen LogP contribution in [0, 0.1) is 0 Å². The van der Waals surface area contributed by atoms with Gasteiger partial charge in [-0.05, 0) is 32.2 Å². The molecule has 3 heteroatoms. The van der Waals surface area contributed by atoms with Crippen molar-refractivity contribution in [3.05, 3.63) is 0 Å². The first-order valence-corrected chi connectivity index (χ1v) is 7.40. The molecular formula is C14H26N2O. The highest BCUT2D eigenvalue weighted by atomic mass is 16.2. The molecule has 1 heterocycles. The third-order valence-corrected chi connectivity index (χ3v) is 4.08. The summed E-state index contributed by atoms with van der Waals surface area (Å²) in [6, 6.07) is 0.510. The van der Waals surface area contributed by atoms with Crippen molar-refractivity contribution < 1.29 is 4.79 Å². The lowest BCUT2D eigenvalue weighted by atomic mass is 10.1. The smallest absolute Gasteiger partial charge is 0.237 e. The molecule has 1 aliphatic carbocycles. The van der Waals surface area contributed by atoms with Gasteiger partial charge in [0.15, 0.2) is 0 Å². The van der Waals surface area contributed by atoms with Gasteiger partial charge in [-0.3, -0.25) is 4.79 Å². The molecule has 1 aliphatic heterocycles. The summed E-state index contributed by atoms with van der Waals surface area (Å²) in [5.74, 6) is 0.249. The van der Waals surface area contributed by atoms with Gasteiger partial charge in [0, 0.05) is 6.04 Å². The summed E-state index contributed by atoms with van der Waals surface area (Å²) in [6.07, 6.45) is 12.3. The molecule has 1 amide bonds. The van der Waals surface area contributed by atoms with Gasteiger partial charge in [-0.15, -0.1) is 0 Å². The molecule has 1 unspecified atom stereocenters. The molecule has 1 saturated heterocycles. The molecule has 98 valence electrons. The van der Waals surface area contributed by atoms with Crippen LogP contribution in [0.5, 0.6) is 0 Å². The minimum atomic E-state index is 0.0701. The lowest BCUT2D eigenvalue weighted by Crippen LogP contribution is -2.47. The predicted octanol–water partition coefficient (Wildman–Crippen LogP) is 2.36. The van der Waals surface area contributed by atoms with Crippen molar-refractivity contribution in [3.8, 4) is 0 Å². The van der Waals surface area contributed by atoms with E-state index in [0.29, 0.717) is 6.04 Å². The first kappa shape index (κ1) is 12.9. The van der Waals surface area contributed by atoms with Crippen molar-refractivity contribution in [3.63, 3.8) is 0 Å². The molecule has 2 rings (SSSR count). The second-order valence-corrected chi connectivity index (χ2v) is 5.55. The zero-order valence-electron chi connectivity index (χ0n) is 10.8. The average Bonchev–Trinajstić information content (AvgIpc) is 2.72. The van der Waals surface area contributed by atoms with Crippen molar-refractivity contribution >= 4 is 5.91 Å². The molecule has 1 atom stereocenters. The van der Waals surface area contributed by atoms with Gasteiger partial charge < -0.3 is 10.6 Å². The Kier molecular flexibility index (Phi) is 5.30. The number of hydrogen-bond acceptors (Lipinski definition) is 2.